The summed E-state index contributed by atoms with van der Waals surface area (Å²) in [6, 6.07) is 11.8. The molecule has 2 rings (SSSR count). The second-order valence-corrected chi connectivity index (χ2v) is 5.04. The molecule has 2 aromatic carbocycles. The molecule has 0 heterocycles. The summed E-state index contributed by atoms with van der Waals surface area (Å²) in [4.78, 5) is 11.1. The Bertz CT molecular complexity index is 611. The Labute approximate surface area is 119 Å². The lowest BCUT2D eigenvalue weighted by atomic mass is 10.1. The van der Waals surface area contributed by atoms with Crippen molar-refractivity contribution in [3.05, 3.63) is 63.9 Å². The van der Waals surface area contributed by atoms with E-state index in [2.05, 4.69) is 15.9 Å². The van der Waals surface area contributed by atoms with Crippen LogP contribution in [-0.4, -0.2) is 5.78 Å². The average Bonchev–Trinajstić information content (AvgIpc) is 2.37. The van der Waals surface area contributed by atoms with Crippen molar-refractivity contribution in [1.29, 1.82) is 0 Å². The SMILES string of the molecule is CC(=O)c1ccc(OCc2cccc(Br)c2)c(F)c1. The quantitative estimate of drug-likeness (QED) is 0.781. The molecule has 19 heavy (non-hydrogen) atoms. The van der Waals surface area contributed by atoms with Crippen LogP contribution in [0.25, 0.3) is 0 Å². The molecule has 0 spiro atoms. The van der Waals surface area contributed by atoms with E-state index >= 15 is 0 Å². The molecule has 98 valence electrons. The van der Waals surface area contributed by atoms with Crippen molar-refractivity contribution in [2.75, 3.05) is 0 Å². The van der Waals surface area contributed by atoms with Gasteiger partial charge in [-0.15, -0.1) is 0 Å². The minimum Gasteiger partial charge on any atom is -0.486 e. The highest BCUT2D eigenvalue weighted by atomic mass is 79.9. The van der Waals surface area contributed by atoms with Gasteiger partial charge in [0.1, 0.15) is 6.61 Å². The maximum absolute atomic E-state index is 13.7. The molecular weight excluding hydrogens is 311 g/mol. The van der Waals surface area contributed by atoms with E-state index in [0.29, 0.717) is 5.56 Å². The lowest BCUT2D eigenvalue weighted by Crippen LogP contribution is -1.99. The second-order valence-electron chi connectivity index (χ2n) is 4.12. The predicted octanol–water partition coefficient (Wildman–Crippen LogP) is 4.37. The van der Waals surface area contributed by atoms with E-state index < -0.39 is 5.82 Å². The van der Waals surface area contributed by atoms with Gasteiger partial charge in [0.15, 0.2) is 17.3 Å². The van der Waals surface area contributed by atoms with Gasteiger partial charge in [-0.1, -0.05) is 28.1 Å². The summed E-state index contributed by atoms with van der Waals surface area (Å²) >= 11 is 3.36. The number of ketones is 1. The van der Waals surface area contributed by atoms with Crippen molar-refractivity contribution >= 4 is 21.7 Å². The maximum atomic E-state index is 13.7. The fourth-order valence-electron chi connectivity index (χ4n) is 1.62. The molecule has 0 amide bonds. The molecule has 0 fully saturated rings. The third-order valence-electron chi connectivity index (χ3n) is 2.62. The minimum atomic E-state index is -0.525. The number of carbonyl (C=O) groups is 1. The molecule has 2 aromatic rings. The Morgan fingerprint density at radius 1 is 1.26 bits per heavy atom. The van der Waals surface area contributed by atoms with Crippen LogP contribution < -0.4 is 4.74 Å². The van der Waals surface area contributed by atoms with Gasteiger partial charge >= 0.3 is 0 Å². The number of carbonyl (C=O) groups excluding carboxylic acids is 1. The first kappa shape index (κ1) is 13.7. The standard InChI is InChI=1S/C15H12BrFO2/c1-10(18)12-5-6-15(14(17)8-12)19-9-11-3-2-4-13(16)7-11/h2-8H,9H2,1H3. The number of Topliss-reactive ketones (excluding diaryl/α,β-unsaturated/α-hetero) is 1. The highest BCUT2D eigenvalue weighted by Gasteiger charge is 2.07. The van der Waals surface area contributed by atoms with Crippen LogP contribution in [0.5, 0.6) is 5.75 Å². The Hall–Kier alpha value is -1.68. The molecular formula is C15H12BrFO2. The Kier molecular flexibility index (Phi) is 4.32. The van der Waals surface area contributed by atoms with Crippen LogP contribution in [0.2, 0.25) is 0 Å². The van der Waals surface area contributed by atoms with Gasteiger partial charge < -0.3 is 4.74 Å². The van der Waals surface area contributed by atoms with E-state index in [0.717, 1.165) is 10.0 Å². The highest BCUT2D eigenvalue weighted by Crippen LogP contribution is 2.20. The second kappa shape index (κ2) is 5.97. The maximum Gasteiger partial charge on any atom is 0.165 e. The van der Waals surface area contributed by atoms with Crippen molar-refractivity contribution in [2.45, 2.75) is 13.5 Å². The molecule has 0 radical (unpaired) electrons. The van der Waals surface area contributed by atoms with Crippen molar-refractivity contribution in [1.82, 2.24) is 0 Å². The monoisotopic (exact) mass is 322 g/mol. The van der Waals surface area contributed by atoms with E-state index in [-0.39, 0.29) is 18.1 Å². The molecule has 0 atom stereocenters. The zero-order chi connectivity index (χ0) is 13.8. The van der Waals surface area contributed by atoms with Gasteiger partial charge in [-0.3, -0.25) is 4.79 Å². The lowest BCUT2D eigenvalue weighted by molar-refractivity contribution is 0.101. The van der Waals surface area contributed by atoms with E-state index in [1.54, 1.807) is 6.07 Å². The molecule has 0 saturated heterocycles. The molecule has 0 bridgehead atoms. The van der Waals surface area contributed by atoms with Gasteiger partial charge in [0, 0.05) is 10.0 Å². The fourth-order valence-corrected chi connectivity index (χ4v) is 2.07. The molecule has 2 nitrogen and oxygen atoms in total. The molecule has 0 N–H and O–H groups in total. The van der Waals surface area contributed by atoms with Crippen LogP contribution in [0, 0.1) is 5.82 Å². The number of hydrogen-bond acceptors (Lipinski definition) is 2. The van der Waals surface area contributed by atoms with Crippen LogP contribution >= 0.6 is 15.9 Å². The number of benzene rings is 2. The first-order valence-electron chi connectivity index (χ1n) is 5.74. The third-order valence-corrected chi connectivity index (χ3v) is 3.12. The highest BCUT2D eigenvalue weighted by molar-refractivity contribution is 9.10. The molecule has 0 aromatic heterocycles. The number of hydrogen-bond donors (Lipinski definition) is 0. The number of ether oxygens (including phenoxy) is 1. The predicted molar refractivity (Wildman–Crippen MR) is 74.9 cm³/mol. The van der Waals surface area contributed by atoms with Crippen LogP contribution in [0.1, 0.15) is 22.8 Å². The number of rotatable bonds is 4. The van der Waals surface area contributed by atoms with Crippen molar-refractivity contribution < 1.29 is 13.9 Å². The minimum absolute atomic E-state index is 0.143. The summed E-state index contributed by atoms with van der Waals surface area (Å²) in [5.41, 5.74) is 1.27. The van der Waals surface area contributed by atoms with E-state index in [9.17, 15) is 9.18 Å². The molecule has 4 heteroatoms. The summed E-state index contributed by atoms with van der Waals surface area (Å²) in [6.07, 6.45) is 0. The Morgan fingerprint density at radius 3 is 2.68 bits per heavy atom. The molecule has 0 aliphatic heterocycles. The molecule has 0 aliphatic carbocycles. The van der Waals surface area contributed by atoms with Gasteiger partial charge in [0.25, 0.3) is 0 Å². The van der Waals surface area contributed by atoms with Gasteiger partial charge in [-0.2, -0.15) is 0 Å². The largest absolute Gasteiger partial charge is 0.486 e. The van der Waals surface area contributed by atoms with Gasteiger partial charge in [-0.05, 0) is 42.8 Å². The summed E-state index contributed by atoms with van der Waals surface area (Å²) in [5.74, 6) is -0.551. The summed E-state index contributed by atoms with van der Waals surface area (Å²) < 4.78 is 20.1. The number of halogens is 2. The first-order valence-corrected chi connectivity index (χ1v) is 6.53. The lowest BCUT2D eigenvalue weighted by Gasteiger charge is -2.08. The summed E-state index contributed by atoms with van der Waals surface area (Å²) in [6.45, 7) is 1.67. The first-order chi connectivity index (χ1) is 9.06. The van der Waals surface area contributed by atoms with E-state index in [4.69, 9.17) is 4.74 Å². The van der Waals surface area contributed by atoms with Gasteiger partial charge in [-0.25, -0.2) is 4.39 Å². The van der Waals surface area contributed by atoms with E-state index in [1.165, 1.54) is 19.1 Å². The summed E-state index contributed by atoms with van der Waals surface area (Å²) in [5, 5.41) is 0. The molecule has 0 saturated carbocycles. The van der Waals surface area contributed by atoms with E-state index in [1.807, 2.05) is 24.3 Å². The fraction of sp³-hybridized carbons (Fsp3) is 0.133. The van der Waals surface area contributed by atoms with Crippen LogP contribution in [-0.2, 0) is 6.61 Å². The summed E-state index contributed by atoms with van der Waals surface area (Å²) in [7, 11) is 0. The van der Waals surface area contributed by atoms with Crippen molar-refractivity contribution in [2.24, 2.45) is 0 Å². The van der Waals surface area contributed by atoms with Crippen LogP contribution in [0.4, 0.5) is 4.39 Å². The van der Waals surface area contributed by atoms with Crippen molar-refractivity contribution in [3.8, 4) is 5.75 Å². The Balaban J connectivity index is 2.10. The van der Waals surface area contributed by atoms with Crippen molar-refractivity contribution in [3.63, 3.8) is 0 Å². The smallest absolute Gasteiger partial charge is 0.165 e. The molecule has 0 aliphatic rings. The zero-order valence-electron chi connectivity index (χ0n) is 10.3. The van der Waals surface area contributed by atoms with Crippen LogP contribution in [0.15, 0.2) is 46.9 Å². The normalized spacial score (nSPS) is 10.3. The Morgan fingerprint density at radius 2 is 2.05 bits per heavy atom. The average molecular weight is 323 g/mol. The topological polar surface area (TPSA) is 26.3 Å². The van der Waals surface area contributed by atoms with Gasteiger partial charge in [0.2, 0.25) is 0 Å². The van der Waals surface area contributed by atoms with Crippen LogP contribution in [0.3, 0.4) is 0 Å². The molecule has 0 unspecified atom stereocenters. The zero-order valence-corrected chi connectivity index (χ0v) is 11.9. The third kappa shape index (κ3) is 3.64. The van der Waals surface area contributed by atoms with Gasteiger partial charge in [0.05, 0.1) is 0 Å².